The van der Waals surface area contributed by atoms with Crippen LogP contribution in [0.1, 0.15) is 40.5 Å². The molecular formula is C12H24N2O3. The summed E-state index contributed by atoms with van der Waals surface area (Å²) in [5, 5.41) is 11.6. The summed E-state index contributed by atoms with van der Waals surface area (Å²) in [5.41, 5.74) is 0. The smallest absolute Gasteiger partial charge is 0.317 e. The molecule has 0 aromatic heterocycles. The number of carboxylic acid groups (broad SMARTS) is 1. The number of carboxylic acids is 1. The number of carbonyl (C=O) groups is 2. The van der Waals surface area contributed by atoms with Gasteiger partial charge in [-0.3, -0.25) is 4.79 Å². The Balaban J connectivity index is 4.42. The van der Waals surface area contributed by atoms with Crippen LogP contribution >= 0.6 is 0 Å². The van der Waals surface area contributed by atoms with Crippen LogP contribution < -0.4 is 5.32 Å². The second kappa shape index (κ2) is 7.92. The van der Waals surface area contributed by atoms with Gasteiger partial charge in [-0.1, -0.05) is 20.8 Å². The van der Waals surface area contributed by atoms with Gasteiger partial charge in [-0.25, -0.2) is 4.79 Å². The average Bonchev–Trinajstić information content (AvgIpc) is 2.23. The molecule has 0 bridgehead atoms. The number of urea groups is 1. The average molecular weight is 244 g/mol. The zero-order valence-corrected chi connectivity index (χ0v) is 11.2. The van der Waals surface area contributed by atoms with Crippen molar-refractivity contribution < 1.29 is 14.7 Å². The molecule has 100 valence electrons. The molecule has 0 spiro atoms. The lowest BCUT2D eigenvalue weighted by Gasteiger charge is -2.26. The van der Waals surface area contributed by atoms with E-state index < -0.39 is 5.97 Å². The number of rotatable bonds is 7. The first-order valence-corrected chi connectivity index (χ1v) is 6.19. The maximum Gasteiger partial charge on any atom is 0.317 e. The van der Waals surface area contributed by atoms with Crippen molar-refractivity contribution in [3.8, 4) is 0 Å². The van der Waals surface area contributed by atoms with Gasteiger partial charge in [0.05, 0.1) is 6.42 Å². The van der Waals surface area contributed by atoms with Crippen LogP contribution in [0.15, 0.2) is 0 Å². The lowest BCUT2D eigenvalue weighted by atomic mass is 10.0. The predicted octanol–water partition coefficient (Wildman–Crippen LogP) is 1.93. The van der Waals surface area contributed by atoms with Crippen LogP contribution in [0.3, 0.4) is 0 Å². The molecule has 0 fully saturated rings. The zero-order valence-electron chi connectivity index (χ0n) is 11.2. The van der Waals surface area contributed by atoms with Crippen LogP contribution in [0, 0.1) is 5.92 Å². The molecule has 2 N–H and O–H groups in total. The fourth-order valence-electron chi connectivity index (χ4n) is 1.56. The van der Waals surface area contributed by atoms with Gasteiger partial charge in [-0.05, 0) is 19.3 Å². The van der Waals surface area contributed by atoms with Crippen molar-refractivity contribution in [1.82, 2.24) is 10.2 Å². The maximum atomic E-state index is 11.9. The normalized spacial score (nSPS) is 12.3. The molecular weight excluding hydrogens is 220 g/mol. The molecule has 0 radical (unpaired) electrons. The van der Waals surface area contributed by atoms with Gasteiger partial charge in [0.25, 0.3) is 0 Å². The van der Waals surface area contributed by atoms with Gasteiger partial charge in [0.1, 0.15) is 0 Å². The minimum Gasteiger partial charge on any atom is -0.481 e. The van der Waals surface area contributed by atoms with Gasteiger partial charge in [0.15, 0.2) is 0 Å². The van der Waals surface area contributed by atoms with Crippen LogP contribution in [-0.2, 0) is 4.79 Å². The highest BCUT2D eigenvalue weighted by atomic mass is 16.4. The van der Waals surface area contributed by atoms with Crippen molar-refractivity contribution in [2.75, 3.05) is 13.1 Å². The van der Waals surface area contributed by atoms with E-state index in [1.165, 1.54) is 0 Å². The fourth-order valence-corrected chi connectivity index (χ4v) is 1.56. The third kappa shape index (κ3) is 6.14. The largest absolute Gasteiger partial charge is 0.481 e. The van der Waals surface area contributed by atoms with Crippen molar-refractivity contribution in [2.45, 2.75) is 46.6 Å². The van der Waals surface area contributed by atoms with Crippen LogP contribution in [0.2, 0.25) is 0 Å². The van der Waals surface area contributed by atoms with E-state index in [0.717, 1.165) is 6.42 Å². The SMILES string of the molecule is CCCN(CC)C(=O)NC(CC(=O)O)C(C)C. The van der Waals surface area contributed by atoms with E-state index in [2.05, 4.69) is 5.32 Å². The molecule has 17 heavy (non-hydrogen) atoms. The van der Waals surface area contributed by atoms with Gasteiger partial charge in [-0.15, -0.1) is 0 Å². The van der Waals surface area contributed by atoms with Crippen LogP contribution in [0.5, 0.6) is 0 Å². The van der Waals surface area contributed by atoms with E-state index in [4.69, 9.17) is 5.11 Å². The van der Waals surface area contributed by atoms with Gasteiger partial charge in [0, 0.05) is 19.1 Å². The molecule has 0 aliphatic rings. The molecule has 0 saturated carbocycles. The van der Waals surface area contributed by atoms with E-state index in [1.54, 1.807) is 4.90 Å². The number of amides is 2. The minimum absolute atomic E-state index is 0.0346. The summed E-state index contributed by atoms with van der Waals surface area (Å²) in [5.74, 6) is -0.780. The molecule has 0 aliphatic heterocycles. The van der Waals surface area contributed by atoms with E-state index in [1.807, 2.05) is 27.7 Å². The fraction of sp³-hybridized carbons (Fsp3) is 0.833. The Kier molecular flexibility index (Phi) is 7.34. The Bertz CT molecular complexity index is 254. The number of aliphatic carboxylic acids is 1. The highest BCUT2D eigenvalue weighted by Crippen LogP contribution is 2.07. The van der Waals surface area contributed by atoms with Gasteiger partial charge in [0.2, 0.25) is 0 Å². The molecule has 2 amide bonds. The zero-order chi connectivity index (χ0) is 13.4. The Hall–Kier alpha value is -1.26. The van der Waals surface area contributed by atoms with Gasteiger partial charge >= 0.3 is 12.0 Å². The lowest BCUT2D eigenvalue weighted by molar-refractivity contribution is -0.137. The van der Waals surface area contributed by atoms with Crippen LogP contribution in [0.4, 0.5) is 4.79 Å². The monoisotopic (exact) mass is 244 g/mol. The van der Waals surface area contributed by atoms with Crippen molar-refractivity contribution >= 4 is 12.0 Å². The van der Waals surface area contributed by atoms with Crippen molar-refractivity contribution in [1.29, 1.82) is 0 Å². The molecule has 5 heteroatoms. The standard InChI is InChI=1S/C12H24N2O3/c1-5-7-14(6-2)12(17)13-10(9(3)4)8-11(15)16/h9-10H,5-8H2,1-4H3,(H,13,17)(H,15,16). The van der Waals surface area contributed by atoms with E-state index >= 15 is 0 Å². The molecule has 1 unspecified atom stereocenters. The Morgan fingerprint density at radius 2 is 1.88 bits per heavy atom. The Morgan fingerprint density at radius 3 is 2.24 bits per heavy atom. The second-order valence-corrected chi connectivity index (χ2v) is 4.48. The van der Waals surface area contributed by atoms with Gasteiger partial charge < -0.3 is 15.3 Å². The number of carbonyl (C=O) groups excluding carboxylic acids is 1. The predicted molar refractivity (Wildman–Crippen MR) is 66.9 cm³/mol. The number of hydrogen-bond donors (Lipinski definition) is 2. The van der Waals surface area contributed by atoms with E-state index in [9.17, 15) is 9.59 Å². The molecule has 5 nitrogen and oxygen atoms in total. The molecule has 0 heterocycles. The van der Waals surface area contributed by atoms with Crippen LogP contribution in [-0.4, -0.2) is 41.1 Å². The topological polar surface area (TPSA) is 69.6 Å². The summed E-state index contributed by atoms with van der Waals surface area (Å²) in [6.45, 7) is 9.07. The van der Waals surface area contributed by atoms with Crippen molar-refractivity contribution in [2.24, 2.45) is 5.92 Å². The molecule has 0 rings (SSSR count). The first-order chi connectivity index (χ1) is 7.92. The van der Waals surface area contributed by atoms with E-state index in [-0.39, 0.29) is 24.4 Å². The van der Waals surface area contributed by atoms with Crippen LogP contribution in [0.25, 0.3) is 0 Å². The summed E-state index contributed by atoms with van der Waals surface area (Å²) in [6, 6.07) is -0.486. The molecule has 1 atom stereocenters. The number of nitrogens with one attached hydrogen (secondary N) is 1. The highest BCUT2D eigenvalue weighted by molar-refractivity contribution is 5.76. The summed E-state index contributed by atoms with van der Waals surface area (Å²) in [6.07, 6.45) is 0.861. The Morgan fingerprint density at radius 1 is 1.29 bits per heavy atom. The maximum absolute atomic E-state index is 11.9. The first kappa shape index (κ1) is 15.7. The molecule has 0 aliphatic carbocycles. The highest BCUT2D eigenvalue weighted by Gasteiger charge is 2.21. The summed E-state index contributed by atoms with van der Waals surface area (Å²) in [4.78, 5) is 24.3. The summed E-state index contributed by atoms with van der Waals surface area (Å²) in [7, 11) is 0. The van der Waals surface area contributed by atoms with Gasteiger partial charge in [-0.2, -0.15) is 0 Å². The van der Waals surface area contributed by atoms with E-state index in [0.29, 0.717) is 13.1 Å². The molecule has 0 saturated heterocycles. The lowest BCUT2D eigenvalue weighted by Crippen LogP contribution is -2.47. The first-order valence-electron chi connectivity index (χ1n) is 6.19. The quantitative estimate of drug-likeness (QED) is 0.719. The number of hydrogen-bond acceptors (Lipinski definition) is 2. The third-order valence-corrected chi connectivity index (χ3v) is 2.67. The molecule has 0 aromatic rings. The summed E-state index contributed by atoms with van der Waals surface area (Å²) >= 11 is 0. The minimum atomic E-state index is -0.887. The molecule has 0 aromatic carbocycles. The summed E-state index contributed by atoms with van der Waals surface area (Å²) < 4.78 is 0. The number of nitrogens with zero attached hydrogens (tertiary/aromatic N) is 1. The third-order valence-electron chi connectivity index (χ3n) is 2.67. The Labute approximate surface area is 103 Å². The van der Waals surface area contributed by atoms with Crippen molar-refractivity contribution in [3.63, 3.8) is 0 Å². The second-order valence-electron chi connectivity index (χ2n) is 4.48. The van der Waals surface area contributed by atoms with Crippen molar-refractivity contribution in [3.05, 3.63) is 0 Å².